The van der Waals surface area contributed by atoms with Crippen LogP contribution >= 0.6 is 11.6 Å². The normalized spacial score (nSPS) is 10.3. The van der Waals surface area contributed by atoms with Crippen molar-refractivity contribution in [1.82, 2.24) is 5.32 Å². The molecule has 0 atom stereocenters. The van der Waals surface area contributed by atoms with Gasteiger partial charge < -0.3 is 21.1 Å². The first-order valence-electron chi connectivity index (χ1n) is 9.03. The smallest absolute Gasteiger partial charge is 0.251 e. The van der Waals surface area contributed by atoms with E-state index in [9.17, 15) is 14.0 Å². The number of nitrogens with two attached hydrogens (primary N) is 1. The second kappa shape index (κ2) is 9.76. The lowest BCUT2D eigenvalue weighted by Crippen LogP contribution is -2.33. The number of anilines is 1. The van der Waals surface area contributed by atoms with Crippen molar-refractivity contribution >= 4 is 29.1 Å². The molecule has 0 aliphatic carbocycles. The van der Waals surface area contributed by atoms with Gasteiger partial charge in [0.05, 0.1) is 11.6 Å². The van der Waals surface area contributed by atoms with Crippen LogP contribution < -0.4 is 21.1 Å². The summed E-state index contributed by atoms with van der Waals surface area (Å²) in [6, 6.07) is 18.1. The van der Waals surface area contributed by atoms with E-state index in [1.54, 1.807) is 30.3 Å². The van der Waals surface area contributed by atoms with Crippen LogP contribution in [-0.2, 0) is 11.3 Å². The fraction of sp³-hybridized carbons (Fsp3) is 0.0909. The lowest BCUT2D eigenvalue weighted by molar-refractivity contribution is -0.117. The monoisotopic (exact) mass is 427 g/mol. The Bertz CT molecular complexity index is 1060. The van der Waals surface area contributed by atoms with E-state index in [0.717, 1.165) is 11.3 Å². The average molecular weight is 428 g/mol. The molecule has 3 aromatic carbocycles. The van der Waals surface area contributed by atoms with E-state index >= 15 is 0 Å². The van der Waals surface area contributed by atoms with E-state index in [4.69, 9.17) is 22.1 Å². The quantitative estimate of drug-likeness (QED) is 0.504. The third kappa shape index (κ3) is 5.71. The average Bonchev–Trinajstić information content (AvgIpc) is 2.73. The van der Waals surface area contributed by atoms with Gasteiger partial charge in [-0.25, -0.2) is 4.39 Å². The topological polar surface area (TPSA) is 93.5 Å². The molecule has 0 bridgehead atoms. The number of benzene rings is 3. The molecule has 0 aliphatic rings. The largest absolute Gasteiger partial charge is 0.455 e. The van der Waals surface area contributed by atoms with Gasteiger partial charge in [-0.2, -0.15) is 0 Å². The highest BCUT2D eigenvalue weighted by molar-refractivity contribution is 6.32. The summed E-state index contributed by atoms with van der Waals surface area (Å²) in [5.41, 5.74) is 7.08. The van der Waals surface area contributed by atoms with Crippen LogP contribution in [0.3, 0.4) is 0 Å². The first kappa shape index (κ1) is 21.1. The lowest BCUT2D eigenvalue weighted by atomic mass is 10.1. The first-order chi connectivity index (χ1) is 14.4. The summed E-state index contributed by atoms with van der Waals surface area (Å²) in [4.78, 5) is 22.7. The fourth-order valence-electron chi connectivity index (χ4n) is 2.63. The van der Waals surface area contributed by atoms with E-state index in [1.807, 2.05) is 18.2 Å². The Morgan fingerprint density at radius 2 is 1.73 bits per heavy atom. The Labute approximate surface area is 177 Å². The summed E-state index contributed by atoms with van der Waals surface area (Å²) in [6.45, 7) is 0.232. The molecule has 0 heterocycles. The number of primary amides is 1. The minimum absolute atomic E-state index is 0.183. The van der Waals surface area contributed by atoms with Gasteiger partial charge in [-0.15, -0.1) is 0 Å². The number of hydrogen-bond donors (Lipinski definition) is 3. The second-order valence-corrected chi connectivity index (χ2v) is 6.77. The molecule has 154 valence electrons. The number of para-hydroxylation sites is 1. The predicted molar refractivity (Wildman–Crippen MR) is 113 cm³/mol. The van der Waals surface area contributed by atoms with Gasteiger partial charge in [0.15, 0.2) is 0 Å². The van der Waals surface area contributed by atoms with E-state index in [0.29, 0.717) is 23.6 Å². The van der Waals surface area contributed by atoms with Crippen molar-refractivity contribution in [3.05, 3.63) is 88.7 Å². The Kier molecular flexibility index (Phi) is 6.87. The standard InChI is InChI=1S/C22H19ClFN3O3/c23-18-11-16(24)7-10-20(18)30-19-4-2-1-3-15(19)12-26-17-8-5-14(6-9-17)22(29)27-13-21(25)28/h1-11,26H,12-13H2,(H2,25,28)(H,27,29). The van der Waals surface area contributed by atoms with Crippen molar-refractivity contribution in [2.24, 2.45) is 5.73 Å². The molecule has 30 heavy (non-hydrogen) atoms. The summed E-state index contributed by atoms with van der Waals surface area (Å²) < 4.78 is 19.1. The van der Waals surface area contributed by atoms with E-state index in [1.165, 1.54) is 18.2 Å². The predicted octanol–water partition coefficient (Wildman–Crippen LogP) is 4.10. The van der Waals surface area contributed by atoms with E-state index < -0.39 is 11.7 Å². The minimum atomic E-state index is -0.607. The minimum Gasteiger partial charge on any atom is -0.455 e. The molecule has 3 rings (SSSR count). The molecule has 3 aromatic rings. The SMILES string of the molecule is NC(=O)CNC(=O)c1ccc(NCc2ccccc2Oc2ccc(F)cc2Cl)cc1. The molecular formula is C22H19ClFN3O3. The Hall–Kier alpha value is -3.58. The zero-order valence-corrected chi connectivity index (χ0v) is 16.6. The molecule has 0 fully saturated rings. The fourth-order valence-corrected chi connectivity index (χ4v) is 2.84. The van der Waals surface area contributed by atoms with Crippen molar-refractivity contribution in [3.63, 3.8) is 0 Å². The van der Waals surface area contributed by atoms with Gasteiger partial charge in [-0.1, -0.05) is 29.8 Å². The highest BCUT2D eigenvalue weighted by Gasteiger charge is 2.09. The van der Waals surface area contributed by atoms with Gasteiger partial charge in [0.2, 0.25) is 5.91 Å². The third-order valence-corrected chi connectivity index (χ3v) is 4.44. The number of hydrogen-bond acceptors (Lipinski definition) is 4. The Morgan fingerprint density at radius 3 is 2.43 bits per heavy atom. The summed E-state index contributed by atoms with van der Waals surface area (Å²) >= 11 is 6.05. The zero-order chi connectivity index (χ0) is 21.5. The molecular weight excluding hydrogens is 409 g/mol. The Balaban J connectivity index is 1.65. The van der Waals surface area contributed by atoms with E-state index in [2.05, 4.69) is 10.6 Å². The number of ether oxygens (including phenoxy) is 1. The van der Waals surface area contributed by atoms with Crippen LogP contribution in [0.5, 0.6) is 11.5 Å². The number of carbonyl (C=O) groups excluding carboxylic acids is 2. The molecule has 6 nitrogen and oxygen atoms in total. The second-order valence-electron chi connectivity index (χ2n) is 6.36. The summed E-state index contributed by atoms with van der Waals surface area (Å²) in [6.07, 6.45) is 0. The summed E-state index contributed by atoms with van der Waals surface area (Å²) in [7, 11) is 0. The van der Waals surface area contributed by atoms with Crippen molar-refractivity contribution in [2.75, 3.05) is 11.9 Å². The van der Waals surface area contributed by atoms with Gasteiger partial charge >= 0.3 is 0 Å². The van der Waals surface area contributed by atoms with Crippen LogP contribution in [0.1, 0.15) is 15.9 Å². The maximum atomic E-state index is 13.2. The highest BCUT2D eigenvalue weighted by atomic mass is 35.5. The molecule has 2 amide bonds. The highest BCUT2D eigenvalue weighted by Crippen LogP contribution is 2.32. The zero-order valence-electron chi connectivity index (χ0n) is 15.8. The molecule has 0 radical (unpaired) electrons. The molecule has 0 saturated carbocycles. The van der Waals surface area contributed by atoms with Crippen LogP contribution in [-0.4, -0.2) is 18.4 Å². The van der Waals surface area contributed by atoms with Crippen LogP contribution in [0.2, 0.25) is 5.02 Å². The molecule has 4 N–H and O–H groups in total. The lowest BCUT2D eigenvalue weighted by Gasteiger charge is -2.14. The number of amides is 2. The van der Waals surface area contributed by atoms with E-state index in [-0.39, 0.29) is 17.5 Å². The van der Waals surface area contributed by atoms with Gasteiger partial charge in [-0.05, 0) is 48.5 Å². The first-order valence-corrected chi connectivity index (χ1v) is 9.41. The van der Waals surface area contributed by atoms with Gasteiger partial charge in [-0.3, -0.25) is 9.59 Å². The maximum Gasteiger partial charge on any atom is 0.251 e. The number of carbonyl (C=O) groups is 2. The van der Waals surface area contributed by atoms with Crippen molar-refractivity contribution in [1.29, 1.82) is 0 Å². The van der Waals surface area contributed by atoms with Gasteiger partial charge in [0, 0.05) is 23.4 Å². The van der Waals surface area contributed by atoms with Crippen LogP contribution in [0, 0.1) is 5.82 Å². The summed E-state index contributed by atoms with van der Waals surface area (Å²) in [5.74, 6) is -0.480. The maximum absolute atomic E-state index is 13.2. The Morgan fingerprint density at radius 1 is 1.00 bits per heavy atom. The van der Waals surface area contributed by atoms with Gasteiger partial charge in [0.1, 0.15) is 17.3 Å². The van der Waals surface area contributed by atoms with Crippen LogP contribution in [0.25, 0.3) is 0 Å². The summed E-state index contributed by atoms with van der Waals surface area (Å²) in [5, 5.41) is 5.86. The molecule has 0 saturated heterocycles. The van der Waals surface area contributed by atoms with Crippen molar-refractivity contribution in [3.8, 4) is 11.5 Å². The molecule has 0 unspecified atom stereocenters. The van der Waals surface area contributed by atoms with Crippen LogP contribution in [0.15, 0.2) is 66.7 Å². The number of nitrogens with one attached hydrogen (secondary N) is 2. The molecule has 0 aromatic heterocycles. The van der Waals surface area contributed by atoms with Gasteiger partial charge in [0.25, 0.3) is 5.91 Å². The van der Waals surface area contributed by atoms with Crippen molar-refractivity contribution in [2.45, 2.75) is 6.54 Å². The molecule has 0 aliphatic heterocycles. The van der Waals surface area contributed by atoms with Crippen LogP contribution in [0.4, 0.5) is 10.1 Å². The third-order valence-electron chi connectivity index (χ3n) is 4.14. The molecule has 0 spiro atoms. The van der Waals surface area contributed by atoms with Crippen molar-refractivity contribution < 1.29 is 18.7 Å². The molecule has 8 heteroatoms. The number of halogens is 2. The number of rotatable bonds is 8.